The summed E-state index contributed by atoms with van der Waals surface area (Å²) in [5, 5.41) is 18.8. The van der Waals surface area contributed by atoms with E-state index in [1.54, 1.807) is 19.9 Å². The maximum atomic E-state index is 9.73. The van der Waals surface area contributed by atoms with E-state index in [1.807, 2.05) is 0 Å². The van der Waals surface area contributed by atoms with Crippen LogP contribution in [0.3, 0.4) is 0 Å². The van der Waals surface area contributed by atoms with Gasteiger partial charge in [-0.25, -0.2) is 0 Å². The maximum Gasteiger partial charge on any atom is 0.187 e. The van der Waals surface area contributed by atoms with Crippen LogP contribution in [0.1, 0.15) is 13.8 Å². The minimum Gasteiger partial charge on any atom is -0.394 e. The fourth-order valence-electron chi connectivity index (χ4n) is 2.30. The maximum absolute atomic E-state index is 9.73. The first kappa shape index (κ1) is 13.9. The first-order valence-corrected chi connectivity index (χ1v) is 6.01. The van der Waals surface area contributed by atoms with Crippen LogP contribution >= 0.6 is 0 Å². The van der Waals surface area contributed by atoms with E-state index < -0.39 is 43.1 Å². The van der Waals surface area contributed by atoms with E-state index in [0.29, 0.717) is 6.61 Å². The van der Waals surface area contributed by atoms with Crippen molar-refractivity contribution in [3.63, 3.8) is 0 Å². The molecule has 0 saturated carbocycles. The van der Waals surface area contributed by atoms with Gasteiger partial charge in [0.25, 0.3) is 0 Å². The van der Waals surface area contributed by atoms with Gasteiger partial charge in [0.05, 0.1) is 13.2 Å². The molecule has 6 heteroatoms. The molecule has 2 N–H and O–H groups in total. The minimum atomic E-state index is -1.02. The normalized spacial score (nSPS) is 39.6. The van der Waals surface area contributed by atoms with Gasteiger partial charge in [0, 0.05) is 0 Å². The van der Waals surface area contributed by atoms with Gasteiger partial charge in [0.15, 0.2) is 12.1 Å². The van der Waals surface area contributed by atoms with E-state index in [-0.39, 0.29) is 0 Å². The minimum absolute atomic E-state index is 0.319. The lowest BCUT2D eigenvalue weighted by Gasteiger charge is -2.25. The molecule has 0 aromatic carbocycles. The smallest absolute Gasteiger partial charge is 0.187 e. The van der Waals surface area contributed by atoms with Crippen LogP contribution in [0.4, 0.5) is 0 Å². The van der Waals surface area contributed by atoms with Gasteiger partial charge < -0.3 is 29.2 Å². The molecule has 2 fully saturated rings. The van der Waals surface area contributed by atoms with Crippen molar-refractivity contribution in [2.75, 3.05) is 13.2 Å². The molecule has 2 rings (SSSR count). The molecule has 2 saturated heterocycles. The SMILES string of the molecule is C=CCO[C@H]1O[C@H]([C@H](O)CO)[C@@H]2OC(C)(C)O[C@H]12. The van der Waals surface area contributed by atoms with Gasteiger partial charge in [-0.2, -0.15) is 0 Å². The topological polar surface area (TPSA) is 77.4 Å². The third kappa shape index (κ3) is 2.59. The number of hydrogen-bond donors (Lipinski definition) is 2. The van der Waals surface area contributed by atoms with Gasteiger partial charge in [-0.1, -0.05) is 6.08 Å². The van der Waals surface area contributed by atoms with Gasteiger partial charge >= 0.3 is 0 Å². The second-order valence-electron chi connectivity index (χ2n) is 4.91. The van der Waals surface area contributed by atoms with Crippen LogP contribution in [0.15, 0.2) is 12.7 Å². The zero-order valence-electron chi connectivity index (χ0n) is 10.6. The highest BCUT2D eigenvalue weighted by Crippen LogP contribution is 2.39. The molecule has 5 atom stereocenters. The lowest BCUT2D eigenvalue weighted by atomic mass is 10.1. The molecule has 0 aromatic heterocycles. The number of rotatable bonds is 5. The number of ether oxygens (including phenoxy) is 4. The molecule has 0 unspecified atom stereocenters. The number of aliphatic hydroxyl groups is 2. The summed E-state index contributed by atoms with van der Waals surface area (Å²) >= 11 is 0. The third-order valence-electron chi connectivity index (χ3n) is 2.99. The Morgan fingerprint density at radius 1 is 1.39 bits per heavy atom. The summed E-state index contributed by atoms with van der Waals surface area (Å²) < 4.78 is 22.4. The third-order valence-corrected chi connectivity index (χ3v) is 2.99. The van der Waals surface area contributed by atoms with Crippen LogP contribution in [0, 0.1) is 0 Å². The first-order chi connectivity index (χ1) is 8.48. The lowest BCUT2D eigenvalue weighted by Crippen LogP contribution is -2.40. The van der Waals surface area contributed by atoms with Gasteiger partial charge in [0.2, 0.25) is 0 Å². The monoisotopic (exact) mass is 260 g/mol. The quantitative estimate of drug-likeness (QED) is 0.666. The molecule has 2 heterocycles. The molecule has 6 nitrogen and oxygen atoms in total. The van der Waals surface area contributed by atoms with Crippen LogP contribution in [-0.4, -0.2) is 59.9 Å². The zero-order valence-corrected chi connectivity index (χ0v) is 10.6. The molecule has 0 spiro atoms. The largest absolute Gasteiger partial charge is 0.394 e. The van der Waals surface area contributed by atoms with E-state index >= 15 is 0 Å². The summed E-state index contributed by atoms with van der Waals surface area (Å²) in [6, 6.07) is 0. The second kappa shape index (κ2) is 5.24. The number of aliphatic hydroxyl groups excluding tert-OH is 2. The standard InChI is InChI=1S/C12H20O6/c1-4-5-15-11-10-9(17-12(2,3)18-10)8(16-11)7(14)6-13/h4,7-11,13-14H,1,5-6H2,2-3H3/t7-,8-,9+,10+,11+/m1/s1. The van der Waals surface area contributed by atoms with Crippen LogP contribution in [-0.2, 0) is 18.9 Å². The molecular weight excluding hydrogens is 240 g/mol. The Bertz CT molecular complexity index is 305. The van der Waals surface area contributed by atoms with E-state index in [0.717, 1.165) is 0 Å². The van der Waals surface area contributed by atoms with Crippen molar-refractivity contribution >= 4 is 0 Å². The number of fused-ring (bicyclic) bond motifs is 1. The highest BCUT2D eigenvalue weighted by Gasteiger charge is 2.57. The molecule has 2 aliphatic heterocycles. The van der Waals surface area contributed by atoms with Crippen LogP contribution < -0.4 is 0 Å². The molecule has 0 radical (unpaired) electrons. The second-order valence-corrected chi connectivity index (χ2v) is 4.91. The van der Waals surface area contributed by atoms with Crippen molar-refractivity contribution in [3.8, 4) is 0 Å². The van der Waals surface area contributed by atoms with Gasteiger partial charge in [-0.15, -0.1) is 6.58 Å². The van der Waals surface area contributed by atoms with Crippen molar-refractivity contribution in [2.24, 2.45) is 0 Å². The van der Waals surface area contributed by atoms with Gasteiger partial charge in [-0.3, -0.25) is 0 Å². The lowest BCUT2D eigenvalue weighted by molar-refractivity contribution is -0.242. The highest BCUT2D eigenvalue weighted by atomic mass is 16.8. The molecule has 0 aromatic rings. The molecular formula is C12H20O6. The summed E-state index contributed by atoms with van der Waals surface area (Å²) in [7, 11) is 0. The van der Waals surface area contributed by atoms with Crippen molar-refractivity contribution in [1.29, 1.82) is 0 Å². The molecule has 0 aliphatic carbocycles. The Morgan fingerprint density at radius 2 is 2.06 bits per heavy atom. The number of hydrogen-bond acceptors (Lipinski definition) is 6. The van der Waals surface area contributed by atoms with E-state index in [1.165, 1.54) is 0 Å². The van der Waals surface area contributed by atoms with Gasteiger partial charge in [-0.05, 0) is 13.8 Å². The van der Waals surface area contributed by atoms with E-state index in [9.17, 15) is 5.11 Å². The van der Waals surface area contributed by atoms with Crippen LogP contribution in [0.25, 0.3) is 0 Å². The van der Waals surface area contributed by atoms with E-state index in [4.69, 9.17) is 24.1 Å². The van der Waals surface area contributed by atoms with Gasteiger partial charge in [0.1, 0.15) is 24.4 Å². The summed E-state index contributed by atoms with van der Waals surface area (Å²) in [6.07, 6.45) is -1.55. The van der Waals surface area contributed by atoms with Crippen molar-refractivity contribution in [1.82, 2.24) is 0 Å². The molecule has 18 heavy (non-hydrogen) atoms. The first-order valence-electron chi connectivity index (χ1n) is 6.01. The van der Waals surface area contributed by atoms with E-state index in [2.05, 4.69) is 6.58 Å². The van der Waals surface area contributed by atoms with Crippen molar-refractivity contribution in [3.05, 3.63) is 12.7 Å². The molecule has 104 valence electrons. The van der Waals surface area contributed by atoms with Crippen LogP contribution in [0.2, 0.25) is 0 Å². The van der Waals surface area contributed by atoms with Crippen molar-refractivity contribution in [2.45, 2.75) is 50.3 Å². The summed E-state index contributed by atoms with van der Waals surface area (Å²) in [4.78, 5) is 0. The van der Waals surface area contributed by atoms with Crippen LogP contribution in [0.5, 0.6) is 0 Å². The Labute approximate surface area is 106 Å². The fraction of sp³-hybridized carbons (Fsp3) is 0.833. The Hall–Kier alpha value is -0.500. The molecule has 2 aliphatic rings. The average molecular weight is 260 g/mol. The molecule has 0 amide bonds. The highest BCUT2D eigenvalue weighted by molar-refractivity contribution is 4.98. The Morgan fingerprint density at radius 3 is 2.67 bits per heavy atom. The fourth-order valence-corrected chi connectivity index (χ4v) is 2.30. The predicted molar refractivity (Wildman–Crippen MR) is 61.7 cm³/mol. The summed E-state index contributed by atoms with van der Waals surface area (Å²) in [5.74, 6) is -0.748. The summed E-state index contributed by atoms with van der Waals surface area (Å²) in [5.41, 5.74) is 0. The Kier molecular flexibility index (Phi) is 4.05. The molecule has 0 bridgehead atoms. The van der Waals surface area contributed by atoms with Crippen molar-refractivity contribution < 1.29 is 29.2 Å². The Balaban J connectivity index is 2.09. The summed E-state index contributed by atoms with van der Waals surface area (Å²) in [6.45, 7) is 7.07. The average Bonchev–Trinajstić information content (AvgIpc) is 2.79. The predicted octanol–water partition coefficient (Wildman–Crippen LogP) is -0.213. The zero-order chi connectivity index (χ0) is 13.3.